The Kier molecular flexibility index (Phi) is 5.81. The summed E-state index contributed by atoms with van der Waals surface area (Å²) in [4.78, 5) is 7.67. The van der Waals surface area contributed by atoms with Crippen LogP contribution in [0.15, 0.2) is 29.2 Å². The predicted octanol–water partition coefficient (Wildman–Crippen LogP) is 3.47. The topological polar surface area (TPSA) is 74.8 Å². The molecule has 10 heteroatoms. The number of sulfonamides is 1. The summed E-state index contributed by atoms with van der Waals surface area (Å²) < 4.78 is 63.1. The molecule has 3 aliphatic rings. The van der Waals surface area contributed by atoms with Gasteiger partial charge in [-0.15, -0.1) is 0 Å². The van der Waals surface area contributed by atoms with Gasteiger partial charge in [-0.25, -0.2) is 17.8 Å². The van der Waals surface area contributed by atoms with E-state index in [9.17, 15) is 12.8 Å². The van der Waals surface area contributed by atoms with E-state index in [2.05, 4.69) is 26.4 Å². The van der Waals surface area contributed by atoms with Crippen molar-refractivity contribution in [2.45, 2.75) is 50.2 Å². The standard InChI is InChI=1S/C24H30F2N4O3S/c1-15-7-9-29(12-15)19-8-10-33-24(19)13-30(14-24)18-11-16(2)23(22(26)17(18)3)34(31,32)28-21-6-4-5-20(25)27-21/h4-6,11,15,19H,7-10,12-14H2,1-3H3,(H,27,28)/t15-,19+/m0/s1. The van der Waals surface area contributed by atoms with E-state index < -0.39 is 26.7 Å². The predicted molar refractivity (Wildman–Crippen MR) is 126 cm³/mol. The fourth-order valence-corrected chi connectivity index (χ4v) is 7.08. The Bertz CT molecular complexity index is 1220. The number of rotatable bonds is 5. The highest BCUT2D eigenvalue weighted by Gasteiger charge is 2.56. The van der Waals surface area contributed by atoms with Crippen molar-refractivity contribution in [2.24, 2.45) is 5.92 Å². The van der Waals surface area contributed by atoms with Crippen LogP contribution in [0.1, 0.15) is 30.9 Å². The largest absolute Gasteiger partial charge is 0.370 e. The molecule has 1 aromatic carbocycles. The Morgan fingerprint density at radius 3 is 2.65 bits per heavy atom. The number of hydrogen-bond acceptors (Lipinski definition) is 6. The van der Waals surface area contributed by atoms with Crippen LogP contribution >= 0.6 is 0 Å². The van der Waals surface area contributed by atoms with Crippen LogP contribution in [0.5, 0.6) is 0 Å². The second-order valence-corrected chi connectivity index (χ2v) is 11.5. The van der Waals surface area contributed by atoms with Crippen molar-refractivity contribution >= 4 is 21.5 Å². The number of aromatic nitrogens is 1. The van der Waals surface area contributed by atoms with Gasteiger partial charge in [0.05, 0.1) is 13.1 Å². The van der Waals surface area contributed by atoms with Crippen LogP contribution in [-0.4, -0.2) is 62.7 Å². The van der Waals surface area contributed by atoms with Crippen molar-refractivity contribution in [2.75, 3.05) is 42.4 Å². The molecule has 4 heterocycles. The first kappa shape index (κ1) is 23.4. The Balaban J connectivity index is 1.38. The highest BCUT2D eigenvalue weighted by Crippen LogP contribution is 2.43. The molecular weight excluding hydrogens is 462 g/mol. The zero-order valence-corrected chi connectivity index (χ0v) is 20.5. The molecule has 0 amide bonds. The number of anilines is 2. The molecule has 0 bridgehead atoms. The summed E-state index contributed by atoms with van der Waals surface area (Å²) in [6.07, 6.45) is 2.21. The van der Waals surface area contributed by atoms with Crippen LogP contribution < -0.4 is 9.62 Å². The molecule has 7 nitrogen and oxygen atoms in total. The highest BCUT2D eigenvalue weighted by atomic mass is 32.2. The zero-order chi connectivity index (χ0) is 24.3. The van der Waals surface area contributed by atoms with Gasteiger partial charge < -0.3 is 9.64 Å². The minimum absolute atomic E-state index is 0.203. The molecule has 0 saturated carbocycles. The number of aryl methyl sites for hydroxylation is 1. The first-order chi connectivity index (χ1) is 16.1. The highest BCUT2D eigenvalue weighted by molar-refractivity contribution is 7.92. The van der Waals surface area contributed by atoms with Crippen molar-refractivity contribution < 1.29 is 21.9 Å². The molecule has 184 valence electrons. The second kappa shape index (κ2) is 8.42. The van der Waals surface area contributed by atoms with E-state index in [-0.39, 0.29) is 22.5 Å². The third kappa shape index (κ3) is 3.95. The van der Waals surface area contributed by atoms with Crippen LogP contribution in [0.25, 0.3) is 0 Å². The molecule has 1 spiro atoms. The van der Waals surface area contributed by atoms with E-state index in [1.165, 1.54) is 18.6 Å². The zero-order valence-electron chi connectivity index (χ0n) is 19.6. The number of ether oxygens (including phenoxy) is 1. The number of nitrogens with zero attached hydrogens (tertiary/aromatic N) is 3. The van der Waals surface area contributed by atoms with Gasteiger partial charge in [0.25, 0.3) is 10.0 Å². The van der Waals surface area contributed by atoms with E-state index in [1.54, 1.807) is 19.9 Å². The number of benzene rings is 1. The quantitative estimate of drug-likeness (QED) is 0.645. The second-order valence-electron chi connectivity index (χ2n) is 9.89. The van der Waals surface area contributed by atoms with Crippen LogP contribution in [0, 0.1) is 31.5 Å². The lowest BCUT2D eigenvalue weighted by molar-refractivity contribution is -0.0559. The summed E-state index contributed by atoms with van der Waals surface area (Å²) in [6.45, 7) is 9.64. The average Bonchev–Trinajstić information content (AvgIpc) is 3.35. The molecule has 3 fully saturated rings. The SMILES string of the molecule is Cc1cc(N2CC3(C2)OCC[C@H]3N2CC[C@H](C)C2)c(C)c(F)c1S(=O)(=O)Nc1cccc(F)n1. The Morgan fingerprint density at radius 1 is 1.21 bits per heavy atom. The molecule has 2 aromatic rings. The van der Waals surface area contributed by atoms with E-state index in [0.717, 1.165) is 32.2 Å². The lowest BCUT2D eigenvalue weighted by Gasteiger charge is -2.53. The van der Waals surface area contributed by atoms with Gasteiger partial charge in [-0.2, -0.15) is 4.39 Å². The summed E-state index contributed by atoms with van der Waals surface area (Å²) in [5, 5.41) is 0. The van der Waals surface area contributed by atoms with Gasteiger partial charge >= 0.3 is 0 Å². The molecule has 3 aliphatic heterocycles. The van der Waals surface area contributed by atoms with Crippen LogP contribution in [0.3, 0.4) is 0 Å². The van der Waals surface area contributed by atoms with Crippen LogP contribution in [0.4, 0.5) is 20.3 Å². The van der Waals surface area contributed by atoms with Gasteiger partial charge in [0.2, 0.25) is 5.95 Å². The number of hydrogen-bond donors (Lipinski definition) is 1. The van der Waals surface area contributed by atoms with Crippen molar-refractivity contribution in [3.05, 3.63) is 47.2 Å². The fourth-order valence-electron chi connectivity index (χ4n) is 5.72. The monoisotopic (exact) mass is 492 g/mol. The van der Waals surface area contributed by atoms with Crippen molar-refractivity contribution in [1.29, 1.82) is 0 Å². The number of nitrogens with one attached hydrogen (secondary N) is 1. The smallest absolute Gasteiger partial charge is 0.266 e. The lowest BCUT2D eigenvalue weighted by Crippen LogP contribution is -2.69. The Hall–Kier alpha value is -2.30. The van der Waals surface area contributed by atoms with Gasteiger partial charge in [-0.05, 0) is 62.9 Å². The Labute approximate surface area is 199 Å². The third-order valence-electron chi connectivity index (χ3n) is 7.39. The molecule has 34 heavy (non-hydrogen) atoms. The molecule has 2 atom stereocenters. The summed E-state index contributed by atoms with van der Waals surface area (Å²) >= 11 is 0. The van der Waals surface area contributed by atoms with Gasteiger partial charge in [0.1, 0.15) is 22.1 Å². The van der Waals surface area contributed by atoms with Crippen molar-refractivity contribution in [3.8, 4) is 0 Å². The van der Waals surface area contributed by atoms with Gasteiger partial charge in [0, 0.05) is 30.4 Å². The minimum Gasteiger partial charge on any atom is -0.370 e. The normalized spacial score (nSPS) is 24.6. The molecule has 0 unspecified atom stereocenters. The summed E-state index contributed by atoms with van der Waals surface area (Å²) in [6, 6.07) is 5.82. The van der Waals surface area contributed by atoms with Crippen molar-refractivity contribution in [1.82, 2.24) is 9.88 Å². The van der Waals surface area contributed by atoms with Crippen LogP contribution in [-0.2, 0) is 14.8 Å². The summed E-state index contributed by atoms with van der Waals surface area (Å²) in [5.41, 5.74) is 0.959. The van der Waals surface area contributed by atoms with E-state index in [0.29, 0.717) is 30.7 Å². The maximum absolute atomic E-state index is 15.5. The minimum atomic E-state index is -4.30. The third-order valence-corrected chi connectivity index (χ3v) is 8.91. The van der Waals surface area contributed by atoms with Gasteiger partial charge in [0.15, 0.2) is 0 Å². The molecule has 1 N–H and O–H groups in total. The Morgan fingerprint density at radius 2 is 1.97 bits per heavy atom. The summed E-state index contributed by atoms with van der Waals surface area (Å²) in [7, 11) is -4.30. The first-order valence-corrected chi connectivity index (χ1v) is 13.2. The maximum atomic E-state index is 15.5. The molecular formula is C24H30F2N4O3S. The van der Waals surface area contributed by atoms with E-state index in [4.69, 9.17) is 4.74 Å². The fraction of sp³-hybridized carbons (Fsp3) is 0.542. The van der Waals surface area contributed by atoms with Gasteiger partial charge in [-0.1, -0.05) is 13.0 Å². The number of halogens is 2. The molecule has 0 radical (unpaired) electrons. The number of likely N-dealkylation sites (tertiary alicyclic amines) is 1. The molecule has 5 rings (SSSR count). The van der Waals surface area contributed by atoms with Gasteiger partial charge in [-0.3, -0.25) is 9.62 Å². The molecule has 1 aromatic heterocycles. The lowest BCUT2D eigenvalue weighted by atomic mass is 9.84. The average molecular weight is 493 g/mol. The van der Waals surface area contributed by atoms with Crippen molar-refractivity contribution in [3.63, 3.8) is 0 Å². The maximum Gasteiger partial charge on any atom is 0.266 e. The van der Waals surface area contributed by atoms with E-state index in [1.807, 2.05) is 0 Å². The van der Waals surface area contributed by atoms with E-state index >= 15 is 4.39 Å². The molecule has 3 saturated heterocycles. The summed E-state index contributed by atoms with van der Waals surface area (Å²) in [5.74, 6) is -1.15. The number of pyridine rings is 1. The van der Waals surface area contributed by atoms with Crippen LogP contribution in [0.2, 0.25) is 0 Å². The first-order valence-electron chi connectivity index (χ1n) is 11.7. The molecule has 0 aliphatic carbocycles.